The monoisotopic (exact) mass is 266 g/mol. The topological polar surface area (TPSA) is 72.8 Å². The molecular formula is C14H18O5. The normalized spacial score (nSPS) is 10.9. The zero-order chi connectivity index (χ0) is 14.5. The summed E-state index contributed by atoms with van der Waals surface area (Å²) in [6.45, 7) is 3.22. The highest BCUT2D eigenvalue weighted by molar-refractivity contribution is 5.82. The van der Waals surface area contributed by atoms with Crippen LogP contribution in [-0.4, -0.2) is 24.2 Å². The molecule has 1 aromatic carbocycles. The van der Waals surface area contributed by atoms with E-state index in [9.17, 15) is 9.59 Å². The molecule has 0 aliphatic rings. The fourth-order valence-corrected chi connectivity index (χ4v) is 1.52. The Morgan fingerprint density at radius 2 is 1.79 bits per heavy atom. The summed E-state index contributed by atoms with van der Waals surface area (Å²) in [5, 5.41) is 8.72. The molecule has 1 rings (SSSR count). The first kappa shape index (κ1) is 15.0. The second kappa shape index (κ2) is 6.22. The standard InChI is InChI=1S/C14H18O5/c1-14(2,8-12(15)16)13(17)19-9-10-4-6-11(18-3)7-5-10/h4-7H,8-9H2,1-3H3,(H,15,16). The summed E-state index contributed by atoms with van der Waals surface area (Å²) in [7, 11) is 1.57. The predicted octanol–water partition coefficient (Wildman–Crippen LogP) is 2.24. The van der Waals surface area contributed by atoms with E-state index in [1.54, 1.807) is 45.2 Å². The first-order chi connectivity index (χ1) is 8.85. The number of carboxylic acids is 1. The van der Waals surface area contributed by atoms with Gasteiger partial charge >= 0.3 is 11.9 Å². The van der Waals surface area contributed by atoms with Crippen LogP contribution in [0.25, 0.3) is 0 Å². The molecule has 1 aromatic rings. The van der Waals surface area contributed by atoms with Crippen LogP contribution in [0.5, 0.6) is 5.75 Å². The van der Waals surface area contributed by atoms with Gasteiger partial charge in [0.2, 0.25) is 0 Å². The van der Waals surface area contributed by atoms with Crippen LogP contribution in [-0.2, 0) is 20.9 Å². The fourth-order valence-electron chi connectivity index (χ4n) is 1.52. The van der Waals surface area contributed by atoms with E-state index in [0.717, 1.165) is 11.3 Å². The van der Waals surface area contributed by atoms with Crippen molar-refractivity contribution in [3.8, 4) is 5.75 Å². The van der Waals surface area contributed by atoms with Crippen molar-refractivity contribution < 1.29 is 24.2 Å². The second-order valence-corrected chi connectivity index (χ2v) is 4.88. The first-order valence-electron chi connectivity index (χ1n) is 5.87. The van der Waals surface area contributed by atoms with Gasteiger partial charge in [-0.1, -0.05) is 12.1 Å². The third-order valence-electron chi connectivity index (χ3n) is 2.67. The lowest BCUT2D eigenvalue weighted by atomic mass is 9.90. The molecule has 0 saturated carbocycles. The highest BCUT2D eigenvalue weighted by Crippen LogP contribution is 2.23. The number of esters is 1. The molecular weight excluding hydrogens is 248 g/mol. The Hall–Kier alpha value is -2.04. The molecule has 0 aromatic heterocycles. The third-order valence-corrected chi connectivity index (χ3v) is 2.67. The third kappa shape index (κ3) is 4.62. The van der Waals surface area contributed by atoms with Gasteiger partial charge in [-0.3, -0.25) is 9.59 Å². The lowest BCUT2D eigenvalue weighted by Crippen LogP contribution is -2.29. The molecule has 104 valence electrons. The molecule has 19 heavy (non-hydrogen) atoms. The lowest BCUT2D eigenvalue weighted by molar-refractivity contribution is -0.160. The zero-order valence-electron chi connectivity index (χ0n) is 11.3. The number of carboxylic acid groups (broad SMARTS) is 1. The predicted molar refractivity (Wildman–Crippen MR) is 68.8 cm³/mol. The average molecular weight is 266 g/mol. The van der Waals surface area contributed by atoms with Gasteiger partial charge in [0.15, 0.2) is 0 Å². The van der Waals surface area contributed by atoms with Crippen molar-refractivity contribution in [1.82, 2.24) is 0 Å². The number of carbonyl (C=O) groups is 2. The van der Waals surface area contributed by atoms with Crippen molar-refractivity contribution in [3.63, 3.8) is 0 Å². The Morgan fingerprint density at radius 1 is 1.21 bits per heavy atom. The molecule has 0 spiro atoms. The number of methoxy groups -OCH3 is 1. The number of aliphatic carboxylic acids is 1. The van der Waals surface area contributed by atoms with Crippen molar-refractivity contribution in [2.24, 2.45) is 5.41 Å². The molecule has 0 saturated heterocycles. The van der Waals surface area contributed by atoms with Crippen molar-refractivity contribution in [1.29, 1.82) is 0 Å². The van der Waals surface area contributed by atoms with Gasteiger partial charge in [-0.05, 0) is 31.5 Å². The van der Waals surface area contributed by atoms with Gasteiger partial charge in [0.1, 0.15) is 12.4 Å². The largest absolute Gasteiger partial charge is 0.497 e. The Labute approximate surface area is 112 Å². The van der Waals surface area contributed by atoms with Crippen molar-refractivity contribution in [2.45, 2.75) is 26.9 Å². The molecule has 0 aliphatic heterocycles. The Kier molecular flexibility index (Phi) is 4.92. The van der Waals surface area contributed by atoms with Crippen LogP contribution in [0.2, 0.25) is 0 Å². The highest BCUT2D eigenvalue weighted by Gasteiger charge is 2.32. The first-order valence-corrected chi connectivity index (χ1v) is 5.87. The Bertz CT molecular complexity index is 447. The molecule has 0 heterocycles. The Balaban J connectivity index is 2.55. The fraction of sp³-hybridized carbons (Fsp3) is 0.429. The number of ether oxygens (including phenoxy) is 2. The van der Waals surface area contributed by atoms with Crippen molar-refractivity contribution in [2.75, 3.05) is 7.11 Å². The van der Waals surface area contributed by atoms with Gasteiger partial charge in [0.25, 0.3) is 0 Å². The maximum Gasteiger partial charge on any atom is 0.312 e. The molecule has 0 radical (unpaired) electrons. The van der Waals surface area contributed by atoms with Crippen LogP contribution in [0.1, 0.15) is 25.8 Å². The van der Waals surface area contributed by atoms with Crippen molar-refractivity contribution in [3.05, 3.63) is 29.8 Å². The molecule has 0 amide bonds. The van der Waals surface area contributed by atoms with E-state index in [-0.39, 0.29) is 13.0 Å². The summed E-state index contributed by atoms with van der Waals surface area (Å²) < 4.78 is 10.1. The van der Waals surface area contributed by atoms with E-state index in [4.69, 9.17) is 14.6 Å². The number of hydrogen-bond donors (Lipinski definition) is 1. The summed E-state index contributed by atoms with van der Waals surface area (Å²) in [5.74, 6) is -0.821. The molecule has 0 bridgehead atoms. The van der Waals surface area contributed by atoms with Crippen LogP contribution in [0.15, 0.2) is 24.3 Å². The molecule has 5 nitrogen and oxygen atoms in total. The SMILES string of the molecule is COc1ccc(COC(=O)C(C)(C)CC(=O)O)cc1. The van der Waals surface area contributed by atoms with E-state index in [0.29, 0.717) is 0 Å². The van der Waals surface area contributed by atoms with E-state index < -0.39 is 17.4 Å². The molecule has 1 N–H and O–H groups in total. The van der Waals surface area contributed by atoms with Crippen LogP contribution in [0.3, 0.4) is 0 Å². The van der Waals surface area contributed by atoms with Gasteiger partial charge < -0.3 is 14.6 Å². The van der Waals surface area contributed by atoms with Crippen LogP contribution >= 0.6 is 0 Å². The van der Waals surface area contributed by atoms with Crippen molar-refractivity contribution >= 4 is 11.9 Å². The summed E-state index contributed by atoms with van der Waals surface area (Å²) in [6, 6.07) is 7.11. The van der Waals surface area contributed by atoms with E-state index in [2.05, 4.69) is 0 Å². The van der Waals surface area contributed by atoms with Gasteiger partial charge in [-0.15, -0.1) is 0 Å². The summed E-state index contributed by atoms with van der Waals surface area (Å²) in [5.41, 5.74) is -0.210. The van der Waals surface area contributed by atoms with Gasteiger partial charge in [0, 0.05) is 0 Å². The lowest BCUT2D eigenvalue weighted by Gasteiger charge is -2.20. The smallest absolute Gasteiger partial charge is 0.312 e. The number of carbonyl (C=O) groups excluding carboxylic acids is 1. The van der Waals surface area contributed by atoms with Gasteiger partial charge in [-0.2, -0.15) is 0 Å². The minimum absolute atomic E-state index is 0.117. The van der Waals surface area contributed by atoms with Gasteiger partial charge in [-0.25, -0.2) is 0 Å². The van der Waals surface area contributed by atoms with E-state index in [1.165, 1.54) is 0 Å². The molecule has 0 fully saturated rings. The Morgan fingerprint density at radius 3 is 2.26 bits per heavy atom. The second-order valence-electron chi connectivity index (χ2n) is 4.88. The number of hydrogen-bond acceptors (Lipinski definition) is 4. The maximum atomic E-state index is 11.8. The van der Waals surface area contributed by atoms with Crippen LogP contribution in [0.4, 0.5) is 0 Å². The average Bonchev–Trinajstić information content (AvgIpc) is 2.35. The minimum atomic E-state index is -1.03. The highest BCUT2D eigenvalue weighted by atomic mass is 16.5. The van der Waals surface area contributed by atoms with E-state index >= 15 is 0 Å². The summed E-state index contributed by atoms with van der Waals surface area (Å²) in [4.78, 5) is 22.4. The molecule has 5 heteroatoms. The number of benzene rings is 1. The number of rotatable bonds is 6. The summed E-state index contributed by atoms with van der Waals surface area (Å²) >= 11 is 0. The van der Waals surface area contributed by atoms with Gasteiger partial charge in [0.05, 0.1) is 18.9 Å². The van der Waals surface area contributed by atoms with E-state index in [1.807, 2.05) is 0 Å². The molecule has 0 aliphatic carbocycles. The molecule has 0 atom stereocenters. The minimum Gasteiger partial charge on any atom is -0.497 e. The van der Waals surface area contributed by atoms with Crippen LogP contribution in [0, 0.1) is 5.41 Å². The van der Waals surface area contributed by atoms with Crippen LogP contribution < -0.4 is 4.74 Å². The molecule has 0 unspecified atom stereocenters. The summed E-state index contributed by atoms with van der Waals surface area (Å²) in [6.07, 6.45) is -0.256. The zero-order valence-corrected chi connectivity index (χ0v) is 11.3. The quantitative estimate of drug-likeness (QED) is 0.799. The maximum absolute atomic E-state index is 11.8.